The van der Waals surface area contributed by atoms with E-state index in [0.717, 1.165) is 24.5 Å². The first-order valence-electron chi connectivity index (χ1n) is 6.94. The standard InChI is InChI=1S/C15H16ClN3OS/c16-12-4-1-3-11(9-12)14(20)18-10-13-5-2-7-19(13)15-17-6-8-21-15/h1,3-4,6,8-9,13H,2,5,7,10H2,(H,18,20)/t13-/m1/s1. The number of halogens is 1. The maximum absolute atomic E-state index is 12.1. The maximum Gasteiger partial charge on any atom is 0.251 e. The molecule has 0 aliphatic carbocycles. The molecule has 0 bridgehead atoms. The third-order valence-electron chi connectivity index (χ3n) is 3.63. The number of aromatic nitrogens is 1. The minimum Gasteiger partial charge on any atom is -0.350 e. The highest BCUT2D eigenvalue weighted by molar-refractivity contribution is 7.13. The maximum atomic E-state index is 12.1. The number of rotatable bonds is 4. The van der Waals surface area contributed by atoms with Crippen LogP contribution in [0.15, 0.2) is 35.8 Å². The zero-order chi connectivity index (χ0) is 14.7. The second-order valence-corrected chi connectivity index (χ2v) is 6.33. The molecule has 6 heteroatoms. The van der Waals surface area contributed by atoms with Gasteiger partial charge in [-0.1, -0.05) is 17.7 Å². The number of thiazole rings is 1. The topological polar surface area (TPSA) is 45.2 Å². The number of amides is 1. The van der Waals surface area contributed by atoms with Crippen LogP contribution in [0.5, 0.6) is 0 Å². The van der Waals surface area contributed by atoms with Gasteiger partial charge in [0.05, 0.1) is 0 Å². The van der Waals surface area contributed by atoms with Gasteiger partial charge in [-0.15, -0.1) is 11.3 Å². The van der Waals surface area contributed by atoms with Crippen LogP contribution < -0.4 is 10.2 Å². The van der Waals surface area contributed by atoms with E-state index in [4.69, 9.17) is 11.6 Å². The van der Waals surface area contributed by atoms with Crippen molar-refractivity contribution in [3.63, 3.8) is 0 Å². The van der Waals surface area contributed by atoms with E-state index in [1.807, 2.05) is 11.6 Å². The highest BCUT2D eigenvalue weighted by atomic mass is 35.5. The molecule has 0 spiro atoms. The average molecular weight is 322 g/mol. The zero-order valence-electron chi connectivity index (χ0n) is 11.5. The van der Waals surface area contributed by atoms with E-state index >= 15 is 0 Å². The Balaban J connectivity index is 1.61. The fourth-order valence-electron chi connectivity index (χ4n) is 2.60. The molecule has 0 radical (unpaired) electrons. The molecule has 0 unspecified atom stereocenters. The fraction of sp³-hybridized carbons (Fsp3) is 0.333. The van der Waals surface area contributed by atoms with Crippen molar-refractivity contribution in [1.29, 1.82) is 0 Å². The van der Waals surface area contributed by atoms with Crippen LogP contribution in [0.3, 0.4) is 0 Å². The molecule has 21 heavy (non-hydrogen) atoms. The Morgan fingerprint density at radius 2 is 2.43 bits per heavy atom. The SMILES string of the molecule is O=C(NC[C@H]1CCCN1c1nccs1)c1cccc(Cl)c1. The molecular weight excluding hydrogens is 306 g/mol. The van der Waals surface area contributed by atoms with E-state index < -0.39 is 0 Å². The predicted octanol–water partition coefficient (Wildman–Crippen LogP) is 3.20. The zero-order valence-corrected chi connectivity index (χ0v) is 13.0. The number of carbonyl (C=O) groups excluding carboxylic acids is 1. The Labute approximate surface area is 132 Å². The van der Waals surface area contributed by atoms with Crippen LogP contribution in [0, 0.1) is 0 Å². The number of hydrogen-bond acceptors (Lipinski definition) is 4. The van der Waals surface area contributed by atoms with E-state index in [1.54, 1.807) is 35.6 Å². The summed E-state index contributed by atoms with van der Waals surface area (Å²) in [5, 5.41) is 6.59. The Bertz CT molecular complexity index is 617. The van der Waals surface area contributed by atoms with Crippen LogP contribution in [-0.4, -0.2) is 30.0 Å². The summed E-state index contributed by atoms with van der Waals surface area (Å²) in [4.78, 5) is 18.8. The molecule has 1 amide bonds. The number of nitrogens with one attached hydrogen (secondary N) is 1. The third kappa shape index (κ3) is 3.36. The monoisotopic (exact) mass is 321 g/mol. The van der Waals surface area contributed by atoms with Crippen molar-refractivity contribution < 1.29 is 4.79 Å². The Kier molecular flexibility index (Phi) is 4.41. The number of hydrogen-bond donors (Lipinski definition) is 1. The third-order valence-corrected chi connectivity index (χ3v) is 4.67. The summed E-state index contributed by atoms with van der Waals surface area (Å²) in [7, 11) is 0. The fourth-order valence-corrected chi connectivity index (χ4v) is 3.53. The molecule has 2 aromatic rings. The molecule has 1 aliphatic heterocycles. The predicted molar refractivity (Wildman–Crippen MR) is 86.3 cm³/mol. The van der Waals surface area contributed by atoms with Crippen molar-refractivity contribution in [2.24, 2.45) is 0 Å². The molecule has 0 saturated carbocycles. The van der Waals surface area contributed by atoms with Gasteiger partial charge in [0.15, 0.2) is 5.13 Å². The van der Waals surface area contributed by atoms with Gasteiger partial charge in [0, 0.05) is 41.3 Å². The highest BCUT2D eigenvalue weighted by Crippen LogP contribution is 2.26. The summed E-state index contributed by atoms with van der Waals surface area (Å²) < 4.78 is 0. The number of nitrogens with zero attached hydrogens (tertiary/aromatic N) is 2. The molecule has 3 rings (SSSR count). The number of benzene rings is 1. The summed E-state index contributed by atoms with van der Waals surface area (Å²) in [6.07, 6.45) is 4.03. The molecule has 1 saturated heterocycles. The van der Waals surface area contributed by atoms with Crippen molar-refractivity contribution in [2.75, 3.05) is 18.0 Å². The quantitative estimate of drug-likeness (QED) is 0.940. The van der Waals surface area contributed by atoms with Crippen molar-refractivity contribution >= 4 is 34.0 Å². The van der Waals surface area contributed by atoms with Gasteiger partial charge in [-0.05, 0) is 31.0 Å². The Morgan fingerprint density at radius 3 is 3.19 bits per heavy atom. The van der Waals surface area contributed by atoms with E-state index in [0.29, 0.717) is 23.2 Å². The van der Waals surface area contributed by atoms with Gasteiger partial charge < -0.3 is 10.2 Å². The van der Waals surface area contributed by atoms with Crippen LogP contribution in [0.4, 0.5) is 5.13 Å². The summed E-state index contributed by atoms with van der Waals surface area (Å²) >= 11 is 7.55. The highest BCUT2D eigenvalue weighted by Gasteiger charge is 2.26. The molecule has 110 valence electrons. The van der Waals surface area contributed by atoms with E-state index in [-0.39, 0.29) is 5.91 Å². The minimum atomic E-state index is -0.0801. The lowest BCUT2D eigenvalue weighted by molar-refractivity contribution is 0.0951. The van der Waals surface area contributed by atoms with Crippen molar-refractivity contribution in [2.45, 2.75) is 18.9 Å². The van der Waals surface area contributed by atoms with E-state index in [2.05, 4.69) is 15.2 Å². The molecule has 1 aromatic heterocycles. The van der Waals surface area contributed by atoms with Gasteiger partial charge in [-0.2, -0.15) is 0 Å². The molecule has 4 nitrogen and oxygen atoms in total. The molecule has 1 atom stereocenters. The Hall–Kier alpha value is -1.59. The van der Waals surface area contributed by atoms with Crippen LogP contribution in [-0.2, 0) is 0 Å². The summed E-state index contributed by atoms with van der Waals surface area (Å²) in [5.74, 6) is -0.0801. The van der Waals surface area contributed by atoms with Gasteiger partial charge in [0.25, 0.3) is 5.91 Å². The van der Waals surface area contributed by atoms with Crippen LogP contribution in [0.2, 0.25) is 5.02 Å². The summed E-state index contributed by atoms with van der Waals surface area (Å²) in [6, 6.07) is 7.33. The lowest BCUT2D eigenvalue weighted by Crippen LogP contribution is -2.40. The molecule has 2 heterocycles. The minimum absolute atomic E-state index is 0.0801. The Morgan fingerprint density at radius 1 is 1.52 bits per heavy atom. The van der Waals surface area contributed by atoms with Crippen molar-refractivity contribution in [3.05, 3.63) is 46.4 Å². The van der Waals surface area contributed by atoms with Gasteiger partial charge in [0.1, 0.15) is 0 Å². The van der Waals surface area contributed by atoms with E-state index in [9.17, 15) is 4.79 Å². The first kappa shape index (κ1) is 14.4. The summed E-state index contributed by atoms with van der Waals surface area (Å²) in [5.41, 5.74) is 0.598. The molecule has 1 N–H and O–H groups in total. The second-order valence-electron chi connectivity index (χ2n) is 5.02. The first-order valence-corrected chi connectivity index (χ1v) is 8.20. The van der Waals surface area contributed by atoms with Gasteiger partial charge in [0.2, 0.25) is 0 Å². The largest absolute Gasteiger partial charge is 0.350 e. The van der Waals surface area contributed by atoms with Gasteiger partial charge >= 0.3 is 0 Å². The van der Waals surface area contributed by atoms with E-state index in [1.165, 1.54) is 0 Å². The molecular formula is C15H16ClN3OS. The smallest absolute Gasteiger partial charge is 0.251 e. The van der Waals surface area contributed by atoms with Crippen molar-refractivity contribution in [1.82, 2.24) is 10.3 Å². The van der Waals surface area contributed by atoms with Crippen LogP contribution in [0.25, 0.3) is 0 Å². The lowest BCUT2D eigenvalue weighted by atomic mass is 10.2. The van der Waals surface area contributed by atoms with Crippen molar-refractivity contribution in [3.8, 4) is 0 Å². The second kappa shape index (κ2) is 6.45. The lowest BCUT2D eigenvalue weighted by Gasteiger charge is -2.24. The number of carbonyl (C=O) groups is 1. The van der Waals surface area contributed by atoms with Crippen LogP contribution >= 0.6 is 22.9 Å². The number of anilines is 1. The van der Waals surface area contributed by atoms with Gasteiger partial charge in [-0.3, -0.25) is 4.79 Å². The van der Waals surface area contributed by atoms with Crippen LogP contribution in [0.1, 0.15) is 23.2 Å². The molecule has 1 aliphatic rings. The average Bonchev–Trinajstić information content (AvgIpc) is 3.15. The molecule has 1 aromatic carbocycles. The normalized spacial score (nSPS) is 18.0. The van der Waals surface area contributed by atoms with Gasteiger partial charge in [-0.25, -0.2) is 4.98 Å². The first-order chi connectivity index (χ1) is 10.2. The summed E-state index contributed by atoms with van der Waals surface area (Å²) in [6.45, 7) is 1.64. The molecule has 1 fully saturated rings.